The SMILES string of the molecule is CCC(COC)Nc1ccc(C(=O)O)cc1[N+](=O)[O-]. The highest BCUT2D eigenvalue weighted by Gasteiger charge is 2.19. The second-order valence-electron chi connectivity index (χ2n) is 4.00. The van der Waals surface area contributed by atoms with Gasteiger partial charge in [-0.3, -0.25) is 10.1 Å². The molecule has 104 valence electrons. The molecular formula is C12H16N2O5. The molecule has 1 unspecified atom stereocenters. The van der Waals surface area contributed by atoms with Gasteiger partial charge in [-0.25, -0.2) is 4.79 Å². The highest BCUT2D eigenvalue weighted by Crippen LogP contribution is 2.26. The number of benzene rings is 1. The van der Waals surface area contributed by atoms with Crippen molar-refractivity contribution in [2.75, 3.05) is 19.0 Å². The third-order valence-corrected chi connectivity index (χ3v) is 2.66. The summed E-state index contributed by atoms with van der Waals surface area (Å²) in [4.78, 5) is 21.2. The van der Waals surface area contributed by atoms with Crippen molar-refractivity contribution in [3.8, 4) is 0 Å². The van der Waals surface area contributed by atoms with Crippen LogP contribution in [0.3, 0.4) is 0 Å². The normalized spacial score (nSPS) is 11.9. The minimum Gasteiger partial charge on any atom is -0.478 e. The minimum atomic E-state index is -1.20. The van der Waals surface area contributed by atoms with Crippen LogP contribution in [0.4, 0.5) is 11.4 Å². The van der Waals surface area contributed by atoms with Gasteiger partial charge in [0.05, 0.1) is 17.1 Å². The highest BCUT2D eigenvalue weighted by molar-refractivity contribution is 5.89. The predicted octanol–water partition coefficient (Wildman–Crippen LogP) is 2.13. The number of nitrogens with one attached hydrogen (secondary N) is 1. The van der Waals surface area contributed by atoms with E-state index in [1.807, 2.05) is 6.92 Å². The van der Waals surface area contributed by atoms with Gasteiger partial charge >= 0.3 is 5.97 Å². The number of aromatic carboxylic acids is 1. The molecule has 1 rings (SSSR count). The Balaban J connectivity index is 3.06. The molecule has 7 nitrogen and oxygen atoms in total. The number of rotatable bonds is 7. The van der Waals surface area contributed by atoms with Crippen LogP contribution >= 0.6 is 0 Å². The van der Waals surface area contributed by atoms with E-state index in [1.165, 1.54) is 12.1 Å². The molecule has 7 heteroatoms. The molecule has 19 heavy (non-hydrogen) atoms. The van der Waals surface area contributed by atoms with Gasteiger partial charge in [0.1, 0.15) is 5.69 Å². The number of hydrogen-bond donors (Lipinski definition) is 2. The van der Waals surface area contributed by atoms with Crippen LogP contribution in [0.1, 0.15) is 23.7 Å². The van der Waals surface area contributed by atoms with Gasteiger partial charge in [0.2, 0.25) is 0 Å². The summed E-state index contributed by atoms with van der Waals surface area (Å²) in [6.07, 6.45) is 0.728. The van der Waals surface area contributed by atoms with Crippen LogP contribution < -0.4 is 5.32 Å². The summed E-state index contributed by atoms with van der Waals surface area (Å²) in [5, 5.41) is 22.8. The first-order chi connectivity index (χ1) is 8.99. The predicted molar refractivity (Wildman–Crippen MR) is 69.6 cm³/mol. The molecule has 0 aromatic heterocycles. The fraction of sp³-hybridized carbons (Fsp3) is 0.417. The molecule has 0 radical (unpaired) electrons. The zero-order chi connectivity index (χ0) is 14.4. The maximum absolute atomic E-state index is 11.0. The van der Waals surface area contributed by atoms with E-state index in [-0.39, 0.29) is 17.3 Å². The quantitative estimate of drug-likeness (QED) is 0.580. The zero-order valence-electron chi connectivity index (χ0n) is 10.8. The third-order valence-electron chi connectivity index (χ3n) is 2.66. The summed E-state index contributed by atoms with van der Waals surface area (Å²) in [6.45, 7) is 2.34. The van der Waals surface area contributed by atoms with Crippen LogP contribution in [0.25, 0.3) is 0 Å². The number of nitro benzene ring substituents is 1. The fourth-order valence-corrected chi connectivity index (χ4v) is 1.62. The Morgan fingerprint density at radius 2 is 2.26 bits per heavy atom. The van der Waals surface area contributed by atoms with Crippen LogP contribution in [0.15, 0.2) is 18.2 Å². The molecule has 0 amide bonds. The lowest BCUT2D eigenvalue weighted by atomic mass is 10.1. The maximum atomic E-state index is 11.0. The first-order valence-corrected chi connectivity index (χ1v) is 5.76. The molecule has 0 bridgehead atoms. The Morgan fingerprint density at radius 3 is 2.74 bits per heavy atom. The standard InChI is InChI=1S/C12H16N2O5/c1-3-9(7-19-2)13-10-5-4-8(12(15)16)6-11(10)14(17)18/h4-6,9,13H,3,7H2,1-2H3,(H,15,16). The van der Waals surface area contributed by atoms with E-state index < -0.39 is 10.9 Å². The average Bonchev–Trinajstić information content (AvgIpc) is 2.37. The molecule has 0 aliphatic rings. The van der Waals surface area contributed by atoms with Crippen molar-refractivity contribution in [1.82, 2.24) is 0 Å². The second kappa shape index (κ2) is 6.69. The summed E-state index contributed by atoms with van der Waals surface area (Å²) in [5.41, 5.74) is -0.0783. The van der Waals surface area contributed by atoms with E-state index in [1.54, 1.807) is 7.11 Å². The Kier molecular flexibility index (Phi) is 5.25. The van der Waals surface area contributed by atoms with Crippen LogP contribution in [-0.2, 0) is 4.74 Å². The Bertz CT molecular complexity index is 475. The lowest BCUT2D eigenvalue weighted by Gasteiger charge is -2.17. The molecule has 1 aromatic carbocycles. The number of nitrogens with zero attached hydrogens (tertiary/aromatic N) is 1. The summed E-state index contributed by atoms with van der Waals surface area (Å²) < 4.78 is 5.00. The van der Waals surface area contributed by atoms with Crippen molar-refractivity contribution >= 4 is 17.3 Å². The zero-order valence-corrected chi connectivity index (χ0v) is 10.8. The molecular weight excluding hydrogens is 252 g/mol. The number of hydrogen-bond acceptors (Lipinski definition) is 5. The largest absolute Gasteiger partial charge is 0.478 e. The molecule has 0 saturated carbocycles. The lowest BCUT2D eigenvalue weighted by molar-refractivity contribution is -0.384. The van der Waals surface area contributed by atoms with Crippen molar-refractivity contribution in [2.45, 2.75) is 19.4 Å². The first kappa shape index (κ1) is 14.9. The Morgan fingerprint density at radius 1 is 1.58 bits per heavy atom. The fourth-order valence-electron chi connectivity index (χ4n) is 1.62. The second-order valence-corrected chi connectivity index (χ2v) is 4.00. The van der Waals surface area contributed by atoms with Crippen LogP contribution in [0.5, 0.6) is 0 Å². The first-order valence-electron chi connectivity index (χ1n) is 5.76. The average molecular weight is 268 g/mol. The van der Waals surface area contributed by atoms with Crippen molar-refractivity contribution in [3.05, 3.63) is 33.9 Å². The molecule has 2 N–H and O–H groups in total. The smallest absolute Gasteiger partial charge is 0.335 e. The van der Waals surface area contributed by atoms with E-state index in [2.05, 4.69) is 5.32 Å². The van der Waals surface area contributed by atoms with Crippen LogP contribution in [0.2, 0.25) is 0 Å². The van der Waals surface area contributed by atoms with Crippen LogP contribution in [-0.4, -0.2) is 35.8 Å². The molecule has 0 saturated heterocycles. The molecule has 0 heterocycles. The molecule has 0 fully saturated rings. The summed E-state index contributed by atoms with van der Waals surface area (Å²) in [6, 6.07) is 3.71. The van der Waals surface area contributed by atoms with Gasteiger partial charge in [-0.05, 0) is 18.6 Å². The minimum absolute atomic E-state index is 0.0700. The van der Waals surface area contributed by atoms with Gasteiger partial charge in [-0.15, -0.1) is 0 Å². The summed E-state index contributed by atoms with van der Waals surface area (Å²) in [7, 11) is 1.55. The third kappa shape index (κ3) is 3.92. The van der Waals surface area contributed by atoms with E-state index in [0.29, 0.717) is 12.3 Å². The number of carboxylic acid groups (broad SMARTS) is 1. The number of carboxylic acids is 1. The van der Waals surface area contributed by atoms with Gasteiger partial charge in [-0.1, -0.05) is 6.92 Å². The molecule has 1 aromatic rings. The number of nitro groups is 1. The van der Waals surface area contributed by atoms with Gasteiger partial charge in [0.15, 0.2) is 0 Å². The maximum Gasteiger partial charge on any atom is 0.335 e. The van der Waals surface area contributed by atoms with E-state index in [9.17, 15) is 14.9 Å². The number of carbonyl (C=O) groups is 1. The lowest BCUT2D eigenvalue weighted by Crippen LogP contribution is -2.24. The van der Waals surface area contributed by atoms with Gasteiger partial charge in [0.25, 0.3) is 5.69 Å². The van der Waals surface area contributed by atoms with Gasteiger partial charge in [-0.2, -0.15) is 0 Å². The van der Waals surface area contributed by atoms with Gasteiger partial charge < -0.3 is 15.2 Å². The summed E-state index contributed by atoms with van der Waals surface area (Å²) >= 11 is 0. The number of anilines is 1. The van der Waals surface area contributed by atoms with Gasteiger partial charge in [0, 0.05) is 19.2 Å². The molecule has 1 atom stereocenters. The molecule has 0 aliphatic carbocycles. The Hall–Kier alpha value is -2.15. The molecule has 0 spiro atoms. The van der Waals surface area contributed by atoms with E-state index >= 15 is 0 Å². The van der Waals surface area contributed by atoms with Crippen molar-refractivity contribution in [1.29, 1.82) is 0 Å². The monoisotopic (exact) mass is 268 g/mol. The Labute approximate surface area is 110 Å². The van der Waals surface area contributed by atoms with E-state index in [0.717, 1.165) is 12.5 Å². The molecule has 0 aliphatic heterocycles. The van der Waals surface area contributed by atoms with Crippen molar-refractivity contribution in [2.24, 2.45) is 0 Å². The van der Waals surface area contributed by atoms with Crippen molar-refractivity contribution < 1.29 is 19.6 Å². The van der Waals surface area contributed by atoms with Crippen LogP contribution in [0, 0.1) is 10.1 Å². The van der Waals surface area contributed by atoms with Crippen molar-refractivity contribution in [3.63, 3.8) is 0 Å². The van der Waals surface area contributed by atoms with E-state index in [4.69, 9.17) is 9.84 Å². The number of methoxy groups -OCH3 is 1. The topological polar surface area (TPSA) is 102 Å². The summed E-state index contributed by atoms with van der Waals surface area (Å²) in [5.74, 6) is -1.20. The highest BCUT2D eigenvalue weighted by atomic mass is 16.6. The number of ether oxygens (including phenoxy) is 1.